The van der Waals surface area contributed by atoms with E-state index in [0.717, 1.165) is 38.5 Å². The first-order valence-electron chi connectivity index (χ1n) is 10.1. The lowest BCUT2D eigenvalue weighted by Gasteiger charge is -2.28. The molecule has 2 aromatic rings. The quantitative estimate of drug-likeness (QED) is 0.720. The van der Waals surface area contributed by atoms with Crippen LogP contribution < -0.4 is 20.9 Å². The second kappa shape index (κ2) is 8.93. The molecule has 2 aliphatic rings. The third-order valence-corrected chi connectivity index (χ3v) is 6.59. The van der Waals surface area contributed by atoms with Crippen LogP contribution in [0.1, 0.15) is 22.7 Å². The van der Waals surface area contributed by atoms with Crippen molar-refractivity contribution in [3.8, 4) is 11.8 Å². The van der Waals surface area contributed by atoms with E-state index in [9.17, 15) is 10.1 Å². The Balaban J connectivity index is 1.79. The standard InChI is InChI=1S/C22H22Cl2N4O3/c1-13-10-18-20(22(29)28(13)5-4-27-6-8-30-9-7-27)19(15(12-25)21(26)31-18)14-2-3-16(23)17(24)11-14/h2-3,10-11,19H,4-9,26H2,1H3/p+1/t19-/m0/s1. The number of aryl methyl sites for hydroxylation is 1. The predicted octanol–water partition coefficient (Wildman–Crippen LogP) is 1.60. The molecular weight excluding hydrogens is 439 g/mol. The van der Waals surface area contributed by atoms with Gasteiger partial charge >= 0.3 is 0 Å². The second-order valence-corrected chi connectivity index (χ2v) is 8.55. The summed E-state index contributed by atoms with van der Waals surface area (Å²) in [5.74, 6) is -0.330. The number of pyridine rings is 1. The highest BCUT2D eigenvalue weighted by Gasteiger charge is 2.34. The summed E-state index contributed by atoms with van der Waals surface area (Å²) in [5, 5.41) is 10.5. The van der Waals surface area contributed by atoms with Gasteiger partial charge in [-0.1, -0.05) is 29.3 Å². The first-order valence-corrected chi connectivity index (χ1v) is 10.8. The van der Waals surface area contributed by atoms with Gasteiger partial charge in [0.25, 0.3) is 5.56 Å². The molecule has 0 radical (unpaired) electrons. The van der Waals surface area contributed by atoms with Gasteiger partial charge in [0.1, 0.15) is 30.5 Å². The summed E-state index contributed by atoms with van der Waals surface area (Å²) >= 11 is 12.3. The Morgan fingerprint density at radius 2 is 2.00 bits per heavy atom. The summed E-state index contributed by atoms with van der Waals surface area (Å²) in [5.41, 5.74) is 7.84. The van der Waals surface area contributed by atoms with Crippen LogP contribution in [-0.4, -0.2) is 37.4 Å². The number of nitrogens with one attached hydrogen (secondary N) is 1. The SMILES string of the molecule is Cc1cc2c(c(=O)n1CC[NH+]1CCOCC1)[C@@H](c1ccc(Cl)c(Cl)c1)C(C#N)=C(N)O2. The van der Waals surface area contributed by atoms with Crippen LogP contribution in [0.2, 0.25) is 10.0 Å². The number of ether oxygens (including phenoxy) is 2. The van der Waals surface area contributed by atoms with E-state index in [1.807, 2.05) is 6.92 Å². The molecule has 2 aliphatic heterocycles. The number of morpholine rings is 1. The highest BCUT2D eigenvalue weighted by atomic mass is 35.5. The van der Waals surface area contributed by atoms with Crippen molar-refractivity contribution >= 4 is 23.2 Å². The van der Waals surface area contributed by atoms with E-state index in [0.29, 0.717) is 33.5 Å². The monoisotopic (exact) mass is 461 g/mol. The number of hydrogen-bond donors (Lipinski definition) is 2. The fraction of sp³-hybridized carbons (Fsp3) is 0.364. The highest BCUT2D eigenvalue weighted by Crippen LogP contribution is 2.41. The van der Waals surface area contributed by atoms with Gasteiger partial charge in [0.15, 0.2) is 0 Å². The number of aromatic nitrogens is 1. The van der Waals surface area contributed by atoms with Gasteiger partial charge in [0.2, 0.25) is 5.88 Å². The minimum absolute atomic E-state index is 0.0135. The zero-order valence-electron chi connectivity index (χ0n) is 17.1. The molecule has 0 saturated carbocycles. The van der Waals surface area contributed by atoms with Gasteiger partial charge in [-0.2, -0.15) is 5.26 Å². The van der Waals surface area contributed by atoms with Crippen molar-refractivity contribution in [2.45, 2.75) is 19.4 Å². The van der Waals surface area contributed by atoms with Gasteiger partial charge in [0.05, 0.1) is 47.8 Å². The van der Waals surface area contributed by atoms with E-state index in [4.69, 9.17) is 38.4 Å². The molecular formula is C22H23Cl2N4O3+. The van der Waals surface area contributed by atoms with Crippen molar-refractivity contribution in [1.82, 2.24) is 4.57 Å². The van der Waals surface area contributed by atoms with Crippen molar-refractivity contribution in [2.24, 2.45) is 5.73 Å². The number of hydrogen-bond acceptors (Lipinski definition) is 5. The van der Waals surface area contributed by atoms with E-state index in [2.05, 4.69) is 6.07 Å². The van der Waals surface area contributed by atoms with E-state index in [1.165, 1.54) is 4.90 Å². The van der Waals surface area contributed by atoms with Crippen LogP contribution in [0.5, 0.6) is 5.75 Å². The lowest BCUT2D eigenvalue weighted by atomic mass is 9.84. The molecule has 0 bridgehead atoms. The Bertz CT molecular complexity index is 1150. The maximum atomic E-state index is 13.6. The minimum atomic E-state index is -0.682. The summed E-state index contributed by atoms with van der Waals surface area (Å²) in [6.07, 6.45) is 0. The molecule has 3 heterocycles. The normalized spacial score (nSPS) is 19.0. The van der Waals surface area contributed by atoms with Gasteiger partial charge in [-0.15, -0.1) is 0 Å². The van der Waals surface area contributed by atoms with Gasteiger partial charge in [-0.25, -0.2) is 0 Å². The Kier molecular flexibility index (Phi) is 6.26. The maximum Gasteiger partial charge on any atom is 0.258 e. The predicted molar refractivity (Wildman–Crippen MR) is 118 cm³/mol. The Morgan fingerprint density at radius 3 is 2.68 bits per heavy atom. The molecule has 162 valence electrons. The van der Waals surface area contributed by atoms with Crippen LogP contribution in [-0.2, 0) is 11.3 Å². The molecule has 1 aromatic carbocycles. The number of nitrogens with zero attached hydrogens (tertiary/aromatic N) is 2. The lowest BCUT2D eigenvalue weighted by Crippen LogP contribution is -3.14. The van der Waals surface area contributed by atoms with Crippen LogP contribution >= 0.6 is 23.2 Å². The Labute approximate surface area is 190 Å². The molecule has 1 fully saturated rings. The van der Waals surface area contributed by atoms with E-state index < -0.39 is 5.92 Å². The molecule has 3 N–H and O–H groups in total. The summed E-state index contributed by atoms with van der Waals surface area (Å²) in [4.78, 5) is 15.0. The summed E-state index contributed by atoms with van der Waals surface area (Å²) in [6, 6.07) is 8.97. The molecule has 4 rings (SSSR count). The van der Waals surface area contributed by atoms with Crippen molar-refractivity contribution in [2.75, 3.05) is 32.8 Å². The van der Waals surface area contributed by atoms with Crippen LogP contribution in [0, 0.1) is 18.3 Å². The van der Waals surface area contributed by atoms with E-state index in [-0.39, 0.29) is 17.0 Å². The molecule has 31 heavy (non-hydrogen) atoms. The van der Waals surface area contributed by atoms with E-state index in [1.54, 1.807) is 28.8 Å². The number of quaternary nitrogens is 1. The number of nitriles is 1. The van der Waals surface area contributed by atoms with Crippen molar-refractivity contribution in [3.05, 3.63) is 72.9 Å². The molecule has 9 heteroatoms. The van der Waals surface area contributed by atoms with Gasteiger partial charge in [0, 0.05) is 11.8 Å². The van der Waals surface area contributed by atoms with Gasteiger partial charge in [-0.05, 0) is 24.6 Å². The lowest BCUT2D eigenvalue weighted by molar-refractivity contribution is -0.908. The van der Waals surface area contributed by atoms with Crippen LogP contribution in [0.25, 0.3) is 0 Å². The molecule has 1 atom stereocenters. The third-order valence-electron chi connectivity index (χ3n) is 5.86. The largest absolute Gasteiger partial charge is 0.440 e. The molecule has 1 saturated heterocycles. The third kappa shape index (κ3) is 4.17. The topological polar surface area (TPSA) is 94.7 Å². The number of nitrogens with two attached hydrogens (primary N) is 1. The van der Waals surface area contributed by atoms with E-state index >= 15 is 0 Å². The van der Waals surface area contributed by atoms with Crippen LogP contribution in [0.4, 0.5) is 0 Å². The molecule has 0 amide bonds. The zero-order valence-corrected chi connectivity index (χ0v) is 18.6. The number of fused-ring (bicyclic) bond motifs is 1. The first kappa shape index (κ1) is 21.7. The number of rotatable bonds is 4. The molecule has 1 aromatic heterocycles. The van der Waals surface area contributed by atoms with Crippen LogP contribution in [0.3, 0.4) is 0 Å². The highest BCUT2D eigenvalue weighted by molar-refractivity contribution is 6.42. The number of benzene rings is 1. The summed E-state index contributed by atoms with van der Waals surface area (Å²) in [6.45, 7) is 6.55. The van der Waals surface area contributed by atoms with Gasteiger partial charge in [-0.3, -0.25) is 4.79 Å². The molecule has 0 aliphatic carbocycles. The Hall–Kier alpha value is -2.50. The number of allylic oxidation sites excluding steroid dienone is 1. The second-order valence-electron chi connectivity index (χ2n) is 7.73. The summed E-state index contributed by atoms with van der Waals surface area (Å²) < 4.78 is 12.8. The Morgan fingerprint density at radius 1 is 1.26 bits per heavy atom. The summed E-state index contributed by atoms with van der Waals surface area (Å²) in [7, 11) is 0. The van der Waals surface area contributed by atoms with Crippen molar-refractivity contribution in [1.29, 1.82) is 5.26 Å². The number of halogens is 2. The average molecular weight is 462 g/mol. The van der Waals surface area contributed by atoms with Crippen molar-refractivity contribution in [3.63, 3.8) is 0 Å². The average Bonchev–Trinajstić information content (AvgIpc) is 2.75. The minimum Gasteiger partial charge on any atom is -0.440 e. The van der Waals surface area contributed by atoms with Crippen molar-refractivity contribution < 1.29 is 14.4 Å². The molecule has 0 unspecified atom stereocenters. The maximum absolute atomic E-state index is 13.6. The fourth-order valence-electron chi connectivity index (χ4n) is 4.17. The van der Waals surface area contributed by atoms with Gasteiger partial charge < -0.3 is 24.7 Å². The first-order chi connectivity index (χ1) is 14.9. The molecule has 7 nitrogen and oxygen atoms in total. The zero-order chi connectivity index (χ0) is 22.1. The van der Waals surface area contributed by atoms with Crippen LogP contribution in [0.15, 0.2) is 40.5 Å². The fourth-order valence-corrected chi connectivity index (χ4v) is 4.48. The smallest absolute Gasteiger partial charge is 0.258 e. The molecule has 0 spiro atoms.